The third-order valence-corrected chi connectivity index (χ3v) is 5.40. The first-order chi connectivity index (χ1) is 11.6. The fraction of sp³-hybridized carbons (Fsp3) is 0.611. The molecule has 1 amide bonds. The number of carbonyl (C=O) groups is 1. The second-order valence-electron chi connectivity index (χ2n) is 7.93. The van der Waals surface area contributed by atoms with Gasteiger partial charge < -0.3 is 19.5 Å². The molecule has 7 heteroatoms. The number of rotatable bonds is 2. The second-order valence-corrected chi connectivity index (χ2v) is 7.93. The van der Waals surface area contributed by atoms with Crippen LogP contribution in [0.5, 0.6) is 0 Å². The van der Waals surface area contributed by atoms with Crippen LogP contribution in [0.15, 0.2) is 18.2 Å². The van der Waals surface area contributed by atoms with E-state index in [1.165, 1.54) is 12.1 Å². The minimum Gasteiger partial charge on any atom is -0.399 e. The molecule has 2 aliphatic rings. The summed E-state index contributed by atoms with van der Waals surface area (Å²) in [5.74, 6) is -0.810. The molecule has 25 heavy (non-hydrogen) atoms. The summed E-state index contributed by atoms with van der Waals surface area (Å²) in [6.07, 6.45) is 0. The van der Waals surface area contributed by atoms with Gasteiger partial charge in [0.25, 0.3) is 5.91 Å². The zero-order valence-electron chi connectivity index (χ0n) is 15.6. The third kappa shape index (κ3) is 3.45. The molecular weight excluding hydrogens is 322 g/mol. The lowest BCUT2D eigenvalue weighted by atomic mass is 9.78. The van der Waals surface area contributed by atoms with Gasteiger partial charge in [0.05, 0.1) is 16.8 Å². The van der Waals surface area contributed by atoms with Crippen LogP contribution in [0.25, 0.3) is 0 Å². The van der Waals surface area contributed by atoms with E-state index in [-0.39, 0.29) is 17.5 Å². The number of amides is 1. The Morgan fingerprint density at radius 1 is 1.28 bits per heavy atom. The maximum absolute atomic E-state index is 14.6. The fourth-order valence-electron chi connectivity index (χ4n) is 3.12. The summed E-state index contributed by atoms with van der Waals surface area (Å²) in [7, 11) is -0.636. The second kappa shape index (κ2) is 6.38. The van der Waals surface area contributed by atoms with Crippen molar-refractivity contribution in [2.45, 2.75) is 51.9 Å². The minimum absolute atomic E-state index is 0.0920. The van der Waals surface area contributed by atoms with E-state index in [1.54, 1.807) is 11.0 Å². The summed E-state index contributed by atoms with van der Waals surface area (Å²) >= 11 is 0. The van der Waals surface area contributed by atoms with Crippen LogP contribution < -0.4 is 10.8 Å². The van der Waals surface area contributed by atoms with Crippen molar-refractivity contribution < 1.29 is 18.5 Å². The first-order valence-electron chi connectivity index (χ1n) is 8.78. The van der Waals surface area contributed by atoms with Crippen LogP contribution in [-0.2, 0) is 9.31 Å². The molecule has 2 heterocycles. The van der Waals surface area contributed by atoms with Crippen molar-refractivity contribution in [3.8, 4) is 0 Å². The van der Waals surface area contributed by atoms with Crippen molar-refractivity contribution in [1.29, 1.82) is 0 Å². The van der Waals surface area contributed by atoms with Crippen molar-refractivity contribution >= 4 is 18.5 Å². The average molecular weight is 348 g/mol. The lowest BCUT2D eigenvalue weighted by Crippen LogP contribution is -2.51. The molecule has 0 unspecified atom stereocenters. The highest BCUT2D eigenvalue weighted by Gasteiger charge is 2.51. The standard InChI is InChI=1S/C18H26BFN2O3/c1-12-11-22(9-8-21-12)16(23)14-7-6-13(10-15(14)20)19-24-17(2,3)18(4,5)25-19/h6-7,10,12,21H,8-9,11H2,1-5H3/t12-/m1/s1. The van der Waals surface area contributed by atoms with Crippen molar-refractivity contribution in [2.75, 3.05) is 19.6 Å². The average Bonchev–Trinajstić information content (AvgIpc) is 2.75. The van der Waals surface area contributed by atoms with Gasteiger partial charge in [-0.1, -0.05) is 6.07 Å². The molecule has 2 saturated heterocycles. The number of nitrogens with one attached hydrogen (secondary N) is 1. The zero-order valence-corrected chi connectivity index (χ0v) is 15.6. The summed E-state index contributed by atoms with van der Waals surface area (Å²) < 4.78 is 26.5. The summed E-state index contributed by atoms with van der Waals surface area (Å²) in [5.41, 5.74) is -0.296. The summed E-state index contributed by atoms with van der Waals surface area (Å²) in [5, 5.41) is 3.27. The molecule has 1 N–H and O–H groups in total. The highest BCUT2D eigenvalue weighted by atomic mass is 19.1. The molecule has 0 radical (unpaired) electrons. The molecule has 1 atom stereocenters. The van der Waals surface area contributed by atoms with E-state index >= 15 is 0 Å². The third-order valence-electron chi connectivity index (χ3n) is 5.40. The molecule has 2 aliphatic heterocycles. The number of piperazine rings is 1. The number of benzene rings is 1. The quantitative estimate of drug-likeness (QED) is 0.825. The molecule has 1 aromatic carbocycles. The lowest BCUT2D eigenvalue weighted by Gasteiger charge is -2.32. The van der Waals surface area contributed by atoms with E-state index in [1.807, 2.05) is 34.6 Å². The van der Waals surface area contributed by atoms with Crippen LogP contribution in [0.2, 0.25) is 0 Å². The van der Waals surface area contributed by atoms with E-state index in [2.05, 4.69) is 5.32 Å². The SMILES string of the molecule is C[C@@H]1CN(C(=O)c2ccc(B3OC(C)(C)C(C)(C)O3)cc2F)CCN1. The van der Waals surface area contributed by atoms with Crippen molar-refractivity contribution in [2.24, 2.45) is 0 Å². The van der Waals surface area contributed by atoms with Gasteiger partial charge in [-0.25, -0.2) is 4.39 Å². The van der Waals surface area contributed by atoms with Crippen LogP contribution in [0, 0.1) is 5.82 Å². The Bertz CT molecular complexity index is 664. The number of nitrogens with zero attached hydrogens (tertiary/aromatic N) is 1. The Balaban J connectivity index is 1.79. The van der Waals surface area contributed by atoms with Gasteiger partial charge in [0.15, 0.2) is 0 Å². The smallest absolute Gasteiger partial charge is 0.399 e. The zero-order chi connectivity index (χ0) is 18.4. The molecule has 0 aromatic heterocycles. The van der Waals surface area contributed by atoms with Crippen LogP contribution in [0.4, 0.5) is 4.39 Å². The molecule has 2 fully saturated rings. The molecule has 5 nitrogen and oxygen atoms in total. The molecule has 3 rings (SSSR count). The van der Waals surface area contributed by atoms with Crippen LogP contribution in [-0.4, -0.2) is 54.8 Å². The molecule has 0 aliphatic carbocycles. The predicted molar refractivity (Wildman–Crippen MR) is 95.5 cm³/mol. The van der Waals surface area contributed by atoms with Crippen molar-refractivity contribution in [1.82, 2.24) is 10.2 Å². The monoisotopic (exact) mass is 348 g/mol. The highest BCUT2D eigenvalue weighted by molar-refractivity contribution is 6.62. The van der Waals surface area contributed by atoms with E-state index in [4.69, 9.17) is 9.31 Å². The largest absolute Gasteiger partial charge is 0.494 e. The molecule has 1 aromatic rings. The Morgan fingerprint density at radius 2 is 1.92 bits per heavy atom. The lowest BCUT2D eigenvalue weighted by molar-refractivity contribution is 0.00578. The van der Waals surface area contributed by atoms with Gasteiger partial charge in [0.2, 0.25) is 0 Å². The van der Waals surface area contributed by atoms with Gasteiger partial charge in [-0.3, -0.25) is 4.79 Å². The summed E-state index contributed by atoms with van der Waals surface area (Å²) in [6, 6.07) is 4.81. The first-order valence-corrected chi connectivity index (χ1v) is 8.78. The summed E-state index contributed by atoms with van der Waals surface area (Å²) in [6.45, 7) is 11.7. The maximum atomic E-state index is 14.6. The Hall–Kier alpha value is -1.44. The first kappa shape index (κ1) is 18.4. The normalized spacial score (nSPS) is 25.3. The molecule has 0 bridgehead atoms. The number of hydrogen-bond acceptors (Lipinski definition) is 4. The Kier molecular flexibility index (Phi) is 4.68. The van der Waals surface area contributed by atoms with Gasteiger partial charge in [-0.15, -0.1) is 0 Å². The number of carbonyl (C=O) groups excluding carboxylic acids is 1. The number of hydrogen-bond donors (Lipinski definition) is 1. The molecule has 136 valence electrons. The predicted octanol–water partition coefficient (Wildman–Crippen LogP) is 1.56. The van der Waals surface area contributed by atoms with Gasteiger partial charge in [-0.05, 0) is 52.2 Å². The van der Waals surface area contributed by atoms with Gasteiger partial charge in [0.1, 0.15) is 5.82 Å². The summed E-state index contributed by atoms with van der Waals surface area (Å²) in [4.78, 5) is 14.3. The maximum Gasteiger partial charge on any atom is 0.494 e. The highest BCUT2D eigenvalue weighted by Crippen LogP contribution is 2.36. The van der Waals surface area contributed by atoms with Gasteiger partial charge in [0, 0.05) is 25.7 Å². The molecule has 0 saturated carbocycles. The number of halogens is 1. The Labute approximate surface area is 149 Å². The molecular formula is C18H26BFN2O3. The van der Waals surface area contributed by atoms with E-state index in [0.717, 1.165) is 6.54 Å². The van der Waals surface area contributed by atoms with Gasteiger partial charge >= 0.3 is 7.12 Å². The van der Waals surface area contributed by atoms with Crippen LogP contribution >= 0.6 is 0 Å². The topological polar surface area (TPSA) is 50.8 Å². The van der Waals surface area contributed by atoms with E-state index in [0.29, 0.717) is 18.6 Å². The van der Waals surface area contributed by atoms with Crippen LogP contribution in [0.1, 0.15) is 45.0 Å². The van der Waals surface area contributed by atoms with Crippen molar-refractivity contribution in [3.63, 3.8) is 0 Å². The van der Waals surface area contributed by atoms with E-state index in [9.17, 15) is 9.18 Å². The molecule has 0 spiro atoms. The van der Waals surface area contributed by atoms with Crippen LogP contribution in [0.3, 0.4) is 0 Å². The van der Waals surface area contributed by atoms with E-state index < -0.39 is 24.1 Å². The Morgan fingerprint density at radius 3 is 2.48 bits per heavy atom. The minimum atomic E-state index is -0.636. The fourth-order valence-corrected chi connectivity index (χ4v) is 3.12. The van der Waals surface area contributed by atoms with Crippen molar-refractivity contribution in [3.05, 3.63) is 29.6 Å². The van der Waals surface area contributed by atoms with Gasteiger partial charge in [-0.2, -0.15) is 0 Å².